The van der Waals surface area contributed by atoms with E-state index in [4.69, 9.17) is 27.4 Å². The maximum atomic E-state index is 12.8. The summed E-state index contributed by atoms with van der Waals surface area (Å²) in [6.07, 6.45) is 1.63. The quantitative estimate of drug-likeness (QED) is 0.527. The molecular weight excluding hydrogens is 443 g/mol. The SMILES string of the molecule is CS(=O)(=O)OC[C@@H]1c2ccccc2C[C@H]1NC(=O)c1cc2c([nH]1)C(Cl)C(Cl)S2. The first kappa shape index (κ1) is 20.1. The molecule has 0 saturated heterocycles. The lowest BCUT2D eigenvalue weighted by molar-refractivity contribution is 0.0924. The predicted molar refractivity (Wildman–Crippen MR) is 110 cm³/mol. The van der Waals surface area contributed by atoms with Gasteiger partial charge in [0.25, 0.3) is 16.0 Å². The third-order valence-corrected chi connectivity index (χ3v) is 7.88. The van der Waals surface area contributed by atoms with Gasteiger partial charge in [-0.15, -0.1) is 35.0 Å². The van der Waals surface area contributed by atoms with Crippen molar-refractivity contribution in [1.29, 1.82) is 0 Å². The highest BCUT2D eigenvalue weighted by atomic mass is 35.5. The molecule has 4 rings (SSSR count). The van der Waals surface area contributed by atoms with Crippen molar-refractivity contribution in [2.75, 3.05) is 12.9 Å². The molecule has 2 unspecified atom stereocenters. The summed E-state index contributed by atoms with van der Waals surface area (Å²) >= 11 is 13.8. The molecule has 150 valence electrons. The largest absolute Gasteiger partial charge is 0.352 e. The van der Waals surface area contributed by atoms with Gasteiger partial charge in [0.15, 0.2) is 0 Å². The van der Waals surface area contributed by atoms with Crippen molar-refractivity contribution in [3.8, 4) is 0 Å². The van der Waals surface area contributed by atoms with E-state index in [1.54, 1.807) is 6.07 Å². The molecule has 2 N–H and O–H groups in total. The molecule has 0 spiro atoms. The number of nitrogens with one attached hydrogen (secondary N) is 2. The zero-order valence-electron chi connectivity index (χ0n) is 14.8. The summed E-state index contributed by atoms with van der Waals surface area (Å²) in [5.74, 6) is -0.522. The third kappa shape index (κ3) is 3.93. The first-order chi connectivity index (χ1) is 13.2. The van der Waals surface area contributed by atoms with Gasteiger partial charge in [0, 0.05) is 22.5 Å². The van der Waals surface area contributed by atoms with Crippen molar-refractivity contribution in [3.63, 3.8) is 0 Å². The number of alkyl halides is 2. The third-order valence-electron chi connectivity index (χ3n) is 4.96. The smallest absolute Gasteiger partial charge is 0.267 e. The second-order valence-corrected chi connectivity index (χ2v) is 10.9. The molecule has 0 saturated carbocycles. The first-order valence-electron chi connectivity index (χ1n) is 8.63. The van der Waals surface area contributed by atoms with Gasteiger partial charge in [-0.3, -0.25) is 8.98 Å². The Hall–Kier alpha value is -1.19. The average Bonchev–Trinajstić information content (AvgIpc) is 3.26. The number of H-pyrrole nitrogens is 1. The minimum atomic E-state index is -3.58. The predicted octanol–water partition coefficient (Wildman–Crippen LogP) is 3.38. The second kappa shape index (κ2) is 7.57. The summed E-state index contributed by atoms with van der Waals surface area (Å²) in [4.78, 5) is 16.7. The summed E-state index contributed by atoms with van der Waals surface area (Å²) < 4.78 is 27.7. The first-order valence-corrected chi connectivity index (χ1v) is 12.2. The molecule has 1 aromatic heterocycles. The summed E-state index contributed by atoms with van der Waals surface area (Å²) in [6, 6.07) is 9.21. The Morgan fingerprint density at radius 3 is 2.82 bits per heavy atom. The molecule has 0 fully saturated rings. The zero-order chi connectivity index (χ0) is 20.1. The second-order valence-electron chi connectivity index (χ2n) is 6.91. The Kier molecular flexibility index (Phi) is 5.43. The lowest BCUT2D eigenvalue weighted by Gasteiger charge is -2.21. The maximum absolute atomic E-state index is 12.8. The van der Waals surface area contributed by atoms with Crippen LogP contribution >= 0.6 is 35.0 Å². The summed E-state index contributed by atoms with van der Waals surface area (Å²) in [5.41, 5.74) is 3.23. The van der Waals surface area contributed by atoms with Crippen molar-refractivity contribution in [1.82, 2.24) is 10.3 Å². The van der Waals surface area contributed by atoms with Crippen LogP contribution in [0.2, 0.25) is 0 Å². The zero-order valence-corrected chi connectivity index (χ0v) is 18.0. The Bertz CT molecular complexity index is 1020. The Morgan fingerprint density at radius 1 is 1.36 bits per heavy atom. The molecule has 6 nitrogen and oxygen atoms in total. The molecule has 2 aliphatic rings. The minimum Gasteiger partial charge on any atom is -0.352 e. The number of carbonyl (C=O) groups is 1. The molecule has 1 aliphatic heterocycles. The van der Waals surface area contributed by atoms with E-state index in [0.717, 1.165) is 28.0 Å². The van der Waals surface area contributed by atoms with E-state index in [1.807, 2.05) is 24.3 Å². The lowest BCUT2D eigenvalue weighted by Crippen LogP contribution is -2.39. The number of hydrogen-bond acceptors (Lipinski definition) is 5. The van der Waals surface area contributed by atoms with E-state index >= 15 is 0 Å². The molecule has 0 bridgehead atoms. The summed E-state index contributed by atoms with van der Waals surface area (Å²) in [5, 5.41) is 2.63. The molecule has 28 heavy (non-hydrogen) atoms. The van der Waals surface area contributed by atoms with Crippen LogP contribution in [0.3, 0.4) is 0 Å². The number of amides is 1. The van der Waals surface area contributed by atoms with E-state index in [9.17, 15) is 13.2 Å². The van der Waals surface area contributed by atoms with Crippen LogP contribution in [0.25, 0.3) is 0 Å². The normalized spacial score (nSPS) is 26.1. The van der Waals surface area contributed by atoms with E-state index in [1.165, 1.54) is 11.8 Å². The molecule has 10 heteroatoms. The number of benzene rings is 1. The van der Waals surface area contributed by atoms with Crippen molar-refractivity contribution >= 4 is 51.0 Å². The van der Waals surface area contributed by atoms with Gasteiger partial charge in [0.2, 0.25) is 0 Å². The number of aromatic amines is 1. The fourth-order valence-electron chi connectivity index (χ4n) is 3.67. The standard InChI is InChI=1S/C18H18Cl2N2O4S2/c1-28(24,25)26-8-11-10-5-3-2-4-9(10)6-12(11)22-18(23)13-7-14-16(21-13)15(19)17(20)27-14/h2-5,7,11-12,15,17,21H,6,8H2,1H3,(H,22,23)/t11-,12-,15?,17?/m1/s1. The maximum Gasteiger partial charge on any atom is 0.267 e. The van der Waals surface area contributed by atoms with Crippen molar-refractivity contribution in [3.05, 3.63) is 52.8 Å². The molecule has 2 heterocycles. The van der Waals surface area contributed by atoms with Gasteiger partial charge in [0.1, 0.15) is 15.8 Å². The van der Waals surface area contributed by atoms with Crippen LogP contribution in [0.15, 0.2) is 35.2 Å². The number of hydrogen-bond donors (Lipinski definition) is 2. The number of rotatable bonds is 5. The fraction of sp³-hybridized carbons (Fsp3) is 0.389. The lowest BCUT2D eigenvalue weighted by atomic mass is 9.99. The topological polar surface area (TPSA) is 88.3 Å². The van der Waals surface area contributed by atoms with Crippen LogP contribution in [0.4, 0.5) is 0 Å². The molecule has 1 amide bonds. The van der Waals surface area contributed by atoms with E-state index < -0.39 is 10.1 Å². The number of fused-ring (bicyclic) bond motifs is 2. The number of aromatic nitrogens is 1. The Balaban J connectivity index is 1.52. The molecular formula is C18H18Cl2N2O4S2. The van der Waals surface area contributed by atoms with E-state index in [0.29, 0.717) is 12.1 Å². The average molecular weight is 461 g/mol. The van der Waals surface area contributed by atoms with E-state index in [2.05, 4.69) is 10.3 Å². The van der Waals surface area contributed by atoms with Gasteiger partial charge < -0.3 is 10.3 Å². The van der Waals surface area contributed by atoms with Crippen LogP contribution in [-0.4, -0.2) is 42.9 Å². The molecule has 0 radical (unpaired) electrons. The number of halogens is 2. The molecule has 4 atom stereocenters. The minimum absolute atomic E-state index is 0.0183. The number of thioether (sulfide) groups is 1. The van der Waals surface area contributed by atoms with Crippen molar-refractivity contribution in [2.45, 2.75) is 33.4 Å². The summed E-state index contributed by atoms with van der Waals surface area (Å²) in [7, 11) is -3.58. The molecule has 1 aromatic carbocycles. The van der Waals surface area contributed by atoms with Crippen molar-refractivity contribution < 1.29 is 17.4 Å². The van der Waals surface area contributed by atoms with Crippen LogP contribution in [-0.2, 0) is 20.7 Å². The molecule has 2 aromatic rings. The number of carbonyl (C=O) groups excluding carboxylic acids is 1. The summed E-state index contributed by atoms with van der Waals surface area (Å²) in [6.45, 7) is -0.0183. The fourth-order valence-corrected chi connectivity index (χ4v) is 5.85. The highest BCUT2D eigenvalue weighted by molar-refractivity contribution is 8.01. The van der Waals surface area contributed by atoms with E-state index in [-0.39, 0.29) is 34.6 Å². The van der Waals surface area contributed by atoms with Gasteiger partial charge in [0.05, 0.1) is 12.9 Å². The highest BCUT2D eigenvalue weighted by Gasteiger charge is 2.36. The van der Waals surface area contributed by atoms with Gasteiger partial charge in [-0.05, 0) is 23.6 Å². The van der Waals surface area contributed by atoms with Gasteiger partial charge >= 0.3 is 0 Å². The van der Waals surface area contributed by atoms with Gasteiger partial charge in [-0.1, -0.05) is 24.3 Å². The van der Waals surface area contributed by atoms with Crippen molar-refractivity contribution in [2.24, 2.45) is 0 Å². The monoisotopic (exact) mass is 460 g/mol. The van der Waals surface area contributed by atoms with Crippen LogP contribution in [0, 0.1) is 0 Å². The molecule has 1 aliphatic carbocycles. The Morgan fingerprint density at radius 2 is 2.11 bits per heavy atom. The highest BCUT2D eigenvalue weighted by Crippen LogP contribution is 2.49. The van der Waals surface area contributed by atoms with Gasteiger partial charge in [-0.2, -0.15) is 8.42 Å². The van der Waals surface area contributed by atoms with Crippen LogP contribution in [0.1, 0.15) is 38.6 Å². The van der Waals surface area contributed by atoms with Crippen LogP contribution < -0.4 is 5.32 Å². The van der Waals surface area contributed by atoms with Crippen LogP contribution in [0.5, 0.6) is 0 Å². The Labute approximate surface area is 177 Å². The van der Waals surface area contributed by atoms with Gasteiger partial charge in [-0.25, -0.2) is 0 Å².